The van der Waals surface area contributed by atoms with Crippen LogP contribution in [0, 0.1) is 13.8 Å². The molecule has 0 saturated carbocycles. The van der Waals surface area contributed by atoms with Gasteiger partial charge in [0.25, 0.3) is 5.91 Å². The van der Waals surface area contributed by atoms with Crippen LogP contribution in [0.5, 0.6) is 5.75 Å². The summed E-state index contributed by atoms with van der Waals surface area (Å²) in [7, 11) is 0. The van der Waals surface area contributed by atoms with Gasteiger partial charge in [0.2, 0.25) is 0 Å². The minimum absolute atomic E-state index is 0.0985. The number of rotatable bonds is 1. The van der Waals surface area contributed by atoms with Crippen LogP contribution in [0.2, 0.25) is 5.02 Å². The van der Waals surface area contributed by atoms with E-state index in [9.17, 15) is 4.79 Å². The van der Waals surface area contributed by atoms with E-state index in [1.165, 1.54) is 11.3 Å². The number of anilines is 1. The number of aromatic nitrogens is 1. The second kappa shape index (κ2) is 5.07. The molecule has 0 saturated heterocycles. The van der Waals surface area contributed by atoms with Crippen LogP contribution in [0.4, 0.5) is 5.69 Å². The van der Waals surface area contributed by atoms with E-state index in [4.69, 9.17) is 16.3 Å². The fourth-order valence-corrected chi connectivity index (χ4v) is 3.31. The number of nitrogens with zero attached hydrogens (tertiary/aromatic N) is 2. The van der Waals surface area contributed by atoms with Crippen molar-refractivity contribution in [2.75, 3.05) is 18.1 Å². The van der Waals surface area contributed by atoms with Crippen LogP contribution >= 0.6 is 22.9 Å². The molecule has 6 heteroatoms. The molecule has 2 aromatic rings. The summed E-state index contributed by atoms with van der Waals surface area (Å²) in [6, 6.07) is 5.41. The number of thiazole rings is 1. The molecule has 0 bridgehead atoms. The van der Waals surface area contributed by atoms with Gasteiger partial charge in [-0.2, -0.15) is 0 Å². The Hall–Kier alpha value is -1.59. The van der Waals surface area contributed by atoms with E-state index in [1.807, 2.05) is 26.0 Å². The highest BCUT2D eigenvalue weighted by atomic mass is 35.5. The number of fused-ring (bicyclic) bond motifs is 1. The van der Waals surface area contributed by atoms with Gasteiger partial charge in [-0.1, -0.05) is 17.7 Å². The Morgan fingerprint density at radius 2 is 2.25 bits per heavy atom. The van der Waals surface area contributed by atoms with Crippen molar-refractivity contribution in [2.24, 2.45) is 0 Å². The Balaban J connectivity index is 2.03. The average Bonchev–Trinajstić information content (AvgIpc) is 2.77. The van der Waals surface area contributed by atoms with Crippen LogP contribution in [-0.2, 0) is 0 Å². The highest BCUT2D eigenvalue weighted by molar-refractivity contribution is 7.11. The van der Waals surface area contributed by atoms with E-state index in [0.717, 1.165) is 9.88 Å². The van der Waals surface area contributed by atoms with Gasteiger partial charge in [0.15, 0.2) is 5.75 Å². The van der Waals surface area contributed by atoms with Crippen molar-refractivity contribution in [1.82, 2.24) is 4.98 Å². The zero-order chi connectivity index (χ0) is 14.3. The van der Waals surface area contributed by atoms with Crippen molar-refractivity contribution < 1.29 is 9.53 Å². The number of halogens is 1. The average molecular weight is 309 g/mol. The van der Waals surface area contributed by atoms with Gasteiger partial charge in [0.05, 0.1) is 22.3 Å². The van der Waals surface area contributed by atoms with Gasteiger partial charge in [-0.25, -0.2) is 4.98 Å². The van der Waals surface area contributed by atoms with Gasteiger partial charge in [0.1, 0.15) is 12.3 Å². The highest BCUT2D eigenvalue weighted by Crippen LogP contribution is 2.38. The van der Waals surface area contributed by atoms with E-state index in [-0.39, 0.29) is 5.91 Å². The molecule has 0 aliphatic carbocycles. The van der Waals surface area contributed by atoms with Gasteiger partial charge in [-0.15, -0.1) is 11.3 Å². The summed E-state index contributed by atoms with van der Waals surface area (Å²) in [4.78, 5) is 19.6. The number of para-hydroxylation sites is 1. The molecular weight excluding hydrogens is 296 g/mol. The molecule has 0 atom stereocenters. The number of carbonyl (C=O) groups is 1. The number of carbonyl (C=O) groups excluding carboxylic acids is 1. The molecule has 0 fully saturated rings. The Kier molecular flexibility index (Phi) is 3.40. The van der Waals surface area contributed by atoms with Crippen molar-refractivity contribution in [2.45, 2.75) is 13.8 Å². The number of aryl methyl sites for hydroxylation is 2. The lowest BCUT2D eigenvalue weighted by molar-refractivity contribution is 0.0972. The zero-order valence-corrected chi connectivity index (χ0v) is 12.7. The highest BCUT2D eigenvalue weighted by Gasteiger charge is 2.28. The van der Waals surface area contributed by atoms with Gasteiger partial charge in [-0.05, 0) is 26.0 Å². The van der Waals surface area contributed by atoms with E-state index >= 15 is 0 Å². The maximum Gasteiger partial charge on any atom is 0.278 e. The zero-order valence-electron chi connectivity index (χ0n) is 11.1. The Labute approximate surface area is 126 Å². The molecule has 3 rings (SSSR count). The van der Waals surface area contributed by atoms with Crippen LogP contribution in [0.3, 0.4) is 0 Å². The maximum absolute atomic E-state index is 12.7. The fourth-order valence-electron chi connectivity index (χ4n) is 2.28. The van der Waals surface area contributed by atoms with Crippen molar-refractivity contribution in [3.8, 4) is 5.75 Å². The molecule has 1 aliphatic rings. The molecule has 0 radical (unpaired) electrons. The van der Waals surface area contributed by atoms with E-state index in [1.54, 1.807) is 11.0 Å². The predicted molar refractivity (Wildman–Crippen MR) is 80.2 cm³/mol. The smallest absolute Gasteiger partial charge is 0.278 e. The number of ether oxygens (including phenoxy) is 1. The second-order valence-electron chi connectivity index (χ2n) is 4.53. The molecule has 1 aromatic heterocycles. The summed E-state index contributed by atoms with van der Waals surface area (Å²) in [5.74, 6) is 0.469. The normalized spacial score (nSPS) is 13.8. The molecule has 4 nitrogen and oxygen atoms in total. The summed E-state index contributed by atoms with van der Waals surface area (Å²) in [6.07, 6.45) is 0. The molecule has 20 heavy (non-hydrogen) atoms. The summed E-state index contributed by atoms with van der Waals surface area (Å²) < 4.78 is 5.56. The topological polar surface area (TPSA) is 42.4 Å². The van der Waals surface area contributed by atoms with E-state index in [2.05, 4.69) is 4.98 Å². The van der Waals surface area contributed by atoms with Crippen LogP contribution in [0.1, 0.15) is 20.4 Å². The third kappa shape index (κ3) is 2.17. The van der Waals surface area contributed by atoms with E-state index in [0.29, 0.717) is 35.3 Å². The molecule has 1 aliphatic heterocycles. The fraction of sp³-hybridized carbons (Fsp3) is 0.286. The molecule has 104 valence electrons. The molecule has 0 spiro atoms. The maximum atomic E-state index is 12.7. The Bertz CT molecular complexity index is 684. The number of hydrogen-bond donors (Lipinski definition) is 0. The summed E-state index contributed by atoms with van der Waals surface area (Å²) in [6.45, 7) is 4.75. The van der Waals surface area contributed by atoms with Crippen molar-refractivity contribution >= 4 is 34.5 Å². The first-order chi connectivity index (χ1) is 9.58. The molecule has 1 aromatic carbocycles. The predicted octanol–water partition coefficient (Wildman–Crippen LogP) is 3.45. The number of amides is 1. The van der Waals surface area contributed by atoms with Gasteiger partial charge >= 0.3 is 0 Å². The van der Waals surface area contributed by atoms with Crippen molar-refractivity contribution in [3.63, 3.8) is 0 Å². The number of benzene rings is 1. The Morgan fingerprint density at radius 1 is 1.45 bits per heavy atom. The standard InChI is InChI=1S/C14H13ClN2O2S/c1-8-12(16-9(2)20-8)14(18)17-6-7-19-13-10(15)4-3-5-11(13)17/h3-5H,6-7H2,1-2H3. The third-order valence-electron chi connectivity index (χ3n) is 3.15. The summed E-state index contributed by atoms with van der Waals surface area (Å²) >= 11 is 7.65. The Morgan fingerprint density at radius 3 is 2.95 bits per heavy atom. The first kappa shape index (κ1) is 13.4. The van der Waals surface area contributed by atoms with Gasteiger partial charge in [0, 0.05) is 4.88 Å². The molecule has 2 heterocycles. The largest absolute Gasteiger partial charge is 0.488 e. The monoisotopic (exact) mass is 308 g/mol. The quantitative estimate of drug-likeness (QED) is 0.810. The molecule has 0 unspecified atom stereocenters. The lowest BCUT2D eigenvalue weighted by Gasteiger charge is -2.29. The minimum atomic E-state index is -0.0985. The van der Waals surface area contributed by atoms with Crippen LogP contribution < -0.4 is 9.64 Å². The SMILES string of the molecule is Cc1nc(C(=O)N2CCOc3c(Cl)cccc32)c(C)s1. The lowest BCUT2D eigenvalue weighted by atomic mass is 10.2. The van der Waals surface area contributed by atoms with Crippen LogP contribution in [-0.4, -0.2) is 24.0 Å². The van der Waals surface area contributed by atoms with Crippen molar-refractivity contribution in [3.05, 3.63) is 38.8 Å². The lowest BCUT2D eigenvalue weighted by Crippen LogP contribution is -2.38. The summed E-state index contributed by atoms with van der Waals surface area (Å²) in [5.41, 5.74) is 1.22. The summed E-state index contributed by atoms with van der Waals surface area (Å²) in [5, 5.41) is 1.41. The second-order valence-corrected chi connectivity index (χ2v) is 6.35. The van der Waals surface area contributed by atoms with E-state index < -0.39 is 0 Å². The number of hydrogen-bond acceptors (Lipinski definition) is 4. The minimum Gasteiger partial charge on any atom is -0.488 e. The molecular formula is C14H13ClN2O2S. The van der Waals surface area contributed by atoms with Gasteiger partial charge in [-0.3, -0.25) is 4.79 Å². The molecule has 1 amide bonds. The molecule has 0 N–H and O–H groups in total. The van der Waals surface area contributed by atoms with Gasteiger partial charge < -0.3 is 9.64 Å². The van der Waals surface area contributed by atoms with Crippen LogP contribution in [0.15, 0.2) is 18.2 Å². The third-order valence-corrected chi connectivity index (χ3v) is 4.33. The first-order valence-corrected chi connectivity index (χ1v) is 7.44. The van der Waals surface area contributed by atoms with Crippen LogP contribution in [0.25, 0.3) is 0 Å². The first-order valence-electron chi connectivity index (χ1n) is 6.25. The van der Waals surface area contributed by atoms with Crippen molar-refractivity contribution in [1.29, 1.82) is 0 Å².